The summed E-state index contributed by atoms with van der Waals surface area (Å²) in [5.74, 6) is 0.584. The molecule has 0 aliphatic carbocycles. The largest absolute Gasteiger partial charge is 0.494 e. The number of aromatic nitrogens is 2. The van der Waals surface area contributed by atoms with Crippen LogP contribution in [0.15, 0.2) is 30.5 Å². The van der Waals surface area contributed by atoms with Gasteiger partial charge in [0.2, 0.25) is 0 Å². The molecule has 0 radical (unpaired) electrons. The SMILES string of the molecule is CCCCOc1ccc(-c2cn3c(C)c(C(=O)OC(C)C)sc3n2)cc1. The summed E-state index contributed by atoms with van der Waals surface area (Å²) in [4.78, 5) is 18.2. The van der Waals surface area contributed by atoms with E-state index in [2.05, 4.69) is 11.9 Å². The molecule has 3 rings (SSSR count). The summed E-state index contributed by atoms with van der Waals surface area (Å²) in [5.41, 5.74) is 2.76. The van der Waals surface area contributed by atoms with Gasteiger partial charge in [-0.3, -0.25) is 4.40 Å². The van der Waals surface area contributed by atoms with Gasteiger partial charge < -0.3 is 9.47 Å². The molecule has 0 N–H and O–H groups in total. The zero-order valence-electron chi connectivity index (χ0n) is 15.6. The van der Waals surface area contributed by atoms with E-state index in [4.69, 9.17) is 9.47 Å². The molecule has 1 aromatic carbocycles. The molecule has 0 saturated carbocycles. The fourth-order valence-corrected chi connectivity index (χ4v) is 3.59. The third-order valence-corrected chi connectivity index (χ3v) is 5.14. The van der Waals surface area contributed by atoms with Crippen LogP contribution in [0, 0.1) is 6.92 Å². The third-order valence-electron chi connectivity index (χ3n) is 4.00. The smallest absolute Gasteiger partial charge is 0.350 e. The predicted octanol–water partition coefficient (Wildman–Crippen LogP) is 5.12. The molecular weight excluding hydrogens is 348 g/mol. The van der Waals surface area contributed by atoms with Gasteiger partial charge in [-0.2, -0.15) is 0 Å². The van der Waals surface area contributed by atoms with Gasteiger partial charge in [-0.15, -0.1) is 0 Å². The predicted molar refractivity (Wildman–Crippen MR) is 104 cm³/mol. The van der Waals surface area contributed by atoms with Crippen molar-refractivity contribution in [3.63, 3.8) is 0 Å². The van der Waals surface area contributed by atoms with Gasteiger partial charge >= 0.3 is 5.97 Å². The van der Waals surface area contributed by atoms with Crippen molar-refractivity contribution in [3.05, 3.63) is 41.0 Å². The Morgan fingerprint density at radius 2 is 2.00 bits per heavy atom. The second-order valence-electron chi connectivity index (χ2n) is 6.48. The van der Waals surface area contributed by atoms with Crippen LogP contribution >= 0.6 is 11.3 Å². The molecule has 0 aliphatic heterocycles. The maximum Gasteiger partial charge on any atom is 0.350 e. The Morgan fingerprint density at radius 3 is 2.62 bits per heavy atom. The number of hydrogen-bond acceptors (Lipinski definition) is 5. The average molecular weight is 372 g/mol. The van der Waals surface area contributed by atoms with Crippen molar-refractivity contribution in [1.29, 1.82) is 0 Å². The van der Waals surface area contributed by atoms with E-state index in [9.17, 15) is 4.79 Å². The van der Waals surface area contributed by atoms with Gasteiger partial charge in [-0.1, -0.05) is 24.7 Å². The minimum Gasteiger partial charge on any atom is -0.494 e. The van der Waals surface area contributed by atoms with E-state index in [1.165, 1.54) is 11.3 Å². The van der Waals surface area contributed by atoms with Crippen LogP contribution in [0.25, 0.3) is 16.2 Å². The van der Waals surface area contributed by atoms with E-state index in [1.807, 2.05) is 55.6 Å². The number of carbonyl (C=O) groups excluding carboxylic acids is 1. The van der Waals surface area contributed by atoms with Crippen LogP contribution in [0.3, 0.4) is 0 Å². The van der Waals surface area contributed by atoms with Crippen LogP contribution in [0.2, 0.25) is 0 Å². The topological polar surface area (TPSA) is 52.8 Å². The first-order valence-electron chi connectivity index (χ1n) is 8.92. The molecule has 2 aromatic heterocycles. The highest BCUT2D eigenvalue weighted by Gasteiger charge is 2.20. The van der Waals surface area contributed by atoms with E-state index >= 15 is 0 Å². The number of benzene rings is 1. The number of imidazole rings is 1. The first kappa shape index (κ1) is 18.5. The number of carbonyl (C=O) groups is 1. The lowest BCUT2D eigenvalue weighted by atomic mass is 10.1. The number of rotatable bonds is 7. The van der Waals surface area contributed by atoms with Gasteiger partial charge in [0.15, 0.2) is 4.96 Å². The zero-order valence-corrected chi connectivity index (χ0v) is 16.4. The van der Waals surface area contributed by atoms with E-state index in [-0.39, 0.29) is 12.1 Å². The van der Waals surface area contributed by atoms with Gasteiger partial charge in [0.25, 0.3) is 0 Å². The van der Waals surface area contributed by atoms with Crippen molar-refractivity contribution in [2.45, 2.75) is 46.6 Å². The maximum atomic E-state index is 12.2. The number of esters is 1. The molecule has 5 nitrogen and oxygen atoms in total. The van der Waals surface area contributed by atoms with Gasteiger partial charge in [0.05, 0.1) is 18.4 Å². The van der Waals surface area contributed by atoms with Crippen LogP contribution in [0.5, 0.6) is 5.75 Å². The molecule has 0 amide bonds. The third kappa shape index (κ3) is 3.90. The molecule has 0 aliphatic rings. The Hall–Kier alpha value is -2.34. The van der Waals surface area contributed by atoms with Crippen LogP contribution < -0.4 is 4.74 Å². The second-order valence-corrected chi connectivity index (χ2v) is 7.45. The molecule has 6 heteroatoms. The van der Waals surface area contributed by atoms with Crippen molar-refractivity contribution < 1.29 is 14.3 Å². The number of fused-ring (bicyclic) bond motifs is 1. The Labute approximate surface area is 157 Å². The number of unbranched alkanes of at least 4 members (excludes halogenated alkanes) is 1. The highest BCUT2D eigenvalue weighted by Crippen LogP contribution is 2.28. The van der Waals surface area contributed by atoms with Crippen LogP contribution in [-0.2, 0) is 4.74 Å². The quantitative estimate of drug-likeness (QED) is 0.427. The number of ether oxygens (including phenoxy) is 2. The number of nitrogens with zero attached hydrogens (tertiary/aromatic N) is 2. The molecule has 0 atom stereocenters. The summed E-state index contributed by atoms with van der Waals surface area (Å²) in [7, 11) is 0. The normalized spacial score (nSPS) is 11.3. The van der Waals surface area contributed by atoms with Crippen LogP contribution in [0.4, 0.5) is 0 Å². The number of aryl methyl sites for hydroxylation is 1. The summed E-state index contributed by atoms with van der Waals surface area (Å²) < 4.78 is 12.9. The van der Waals surface area contributed by atoms with E-state index in [0.717, 1.165) is 47.1 Å². The Balaban J connectivity index is 1.80. The lowest BCUT2D eigenvalue weighted by Gasteiger charge is -2.06. The van der Waals surface area contributed by atoms with Crippen LogP contribution in [0.1, 0.15) is 49.0 Å². The minimum atomic E-state index is -0.289. The molecule has 0 bridgehead atoms. The van der Waals surface area contributed by atoms with Crippen molar-refractivity contribution in [3.8, 4) is 17.0 Å². The highest BCUT2D eigenvalue weighted by atomic mass is 32.1. The summed E-state index contributed by atoms with van der Waals surface area (Å²) in [5, 5.41) is 0. The lowest BCUT2D eigenvalue weighted by Crippen LogP contribution is -2.11. The monoisotopic (exact) mass is 372 g/mol. The van der Waals surface area contributed by atoms with Gasteiger partial charge in [-0.25, -0.2) is 9.78 Å². The lowest BCUT2D eigenvalue weighted by molar-refractivity contribution is 0.0382. The Morgan fingerprint density at radius 1 is 1.27 bits per heavy atom. The number of thiazole rings is 1. The fourth-order valence-electron chi connectivity index (χ4n) is 2.60. The van der Waals surface area contributed by atoms with Gasteiger partial charge in [0.1, 0.15) is 10.6 Å². The zero-order chi connectivity index (χ0) is 18.7. The molecule has 26 heavy (non-hydrogen) atoms. The van der Waals surface area contributed by atoms with Gasteiger partial charge in [0, 0.05) is 17.5 Å². The van der Waals surface area contributed by atoms with Gasteiger partial charge in [-0.05, 0) is 51.5 Å². The molecule has 0 unspecified atom stereocenters. The molecule has 0 saturated heterocycles. The standard InChI is InChI=1S/C20H24N2O3S/c1-5-6-11-24-16-9-7-15(8-10-16)17-12-22-14(4)18(26-20(22)21-17)19(23)25-13(2)3/h7-10,12-13H,5-6,11H2,1-4H3. The van der Waals surface area contributed by atoms with E-state index in [1.54, 1.807) is 0 Å². The van der Waals surface area contributed by atoms with Crippen molar-refractivity contribution in [2.24, 2.45) is 0 Å². The Kier molecular flexibility index (Phi) is 5.61. The fraction of sp³-hybridized carbons (Fsp3) is 0.400. The number of hydrogen-bond donors (Lipinski definition) is 0. The van der Waals surface area contributed by atoms with Crippen molar-refractivity contribution >= 4 is 22.3 Å². The van der Waals surface area contributed by atoms with E-state index < -0.39 is 0 Å². The highest BCUT2D eigenvalue weighted by molar-refractivity contribution is 7.19. The molecule has 0 spiro atoms. The summed E-state index contributed by atoms with van der Waals surface area (Å²) in [6.07, 6.45) is 4.00. The summed E-state index contributed by atoms with van der Waals surface area (Å²) >= 11 is 1.36. The average Bonchev–Trinajstić information content (AvgIpc) is 3.15. The summed E-state index contributed by atoms with van der Waals surface area (Å²) in [6, 6.07) is 7.96. The first-order chi connectivity index (χ1) is 12.5. The minimum absolute atomic E-state index is 0.134. The maximum absolute atomic E-state index is 12.2. The first-order valence-corrected chi connectivity index (χ1v) is 9.74. The van der Waals surface area contributed by atoms with Crippen molar-refractivity contribution in [2.75, 3.05) is 6.61 Å². The molecule has 3 aromatic rings. The van der Waals surface area contributed by atoms with E-state index in [0.29, 0.717) is 4.88 Å². The Bertz CT molecular complexity index is 894. The second kappa shape index (κ2) is 7.91. The molecule has 138 valence electrons. The molecule has 2 heterocycles. The summed E-state index contributed by atoms with van der Waals surface area (Å²) in [6.45, 7) is 8.49. The van der Waals surface area contributed by atoms with Crippen LogP contribution in [-0.4, -0.2) is 28.1 Å². The molecular formula is C20H24N2O3S. The molecule has 0 fully saturated rings. The van der Waals surface area contributed by atoms with Crippen molar-refractivity contribution in [1.82, 2.24) is 9.38 Å².